The van der Waals surface area contributed by atoms with Gasteiger partial charge in [0.05, 0.1) is 8.95 Å². The molecule has 3 rings (SSSR count). The van der Waals surface area contributed by atoms with Crippen LogP contribution in [-0.2, 0) is 6.54 Å². The molecule has 6 heteroatoms. The van der Waals surface area contributed by atoms with Crippen molar-refractivity contribution in [2.24, 2.45) is 0 Å². The fourth-order valence-corrected chi connectivity index (χ4v) is 2.92. The summed E-state index contributed by atoms with van der Waals surface area (Å²) in [6.45, 7) is 0.850. The first kappa shape index (κ1) is 13.7. The topological polar surface area (TPSA) is 30.5 Å². The van der Waals surface area contributed by atoms with E-state index in [1.165, 1.54) is 6.07 Å². The number of anilines is 1. The van der Waals surface area contributed by atoms with E-state index < -0.39 is 0 Å². The van der Waals surface area contributed by atoms with Crippen molar-refractivity contribution in [2.75, 3.05) is 12.1 Å². The second-order valence-electron chi connectivity index (χ2n) is 4.29. The van der Waals surface area contributed by atoms with Gasteiger partial charge in [-0.1, -0.05) is 0 Å². The molecule has 0 fully saturated rings. The molecule has 0 saturated carbocycles. The lowest BCUT2D eigenvalue weighted by molar-refractivity contribution is 0.173. The summed E-state index contributed by atoms with van der Waals surface area (Å²) in [4.78, 5) is 0. The summed E-state index contributed by atoms with van der Waals surface area (Å²) in [5.74, 6) is 1.19. The highest BCUT2D eigenvalue weighted by Crippen LogP contribution is 2.40. The summed E-state index contributed by atoms with van der Waals surface area (Å²) in [6.07, 6.45) is 0. The van der Waals surface area contributed by atoms with E-state index in [1.54, 1.807) is 12.1 Å². The molecule has 3 nitrogen and oxygen atoms in total. The molecule has 1 N–H and O–H groups in total. The zero-order valence-corrected chi connectivity index (χ0v) is 13.4. The van der Waals surface area contributed by atoms with Crippen molar-refractivity contribution in [3.8, 4) is 11.5 Å². The largest absolute Gasteiger partial charge is 0.454 e. The normalized spacial score (nSPS) is 12.6. The van der Waals surface area contributed by atoms with Crippen LogP contribution in [0.15, 0.2) is 39.3 Å². The van der Waals surface area contributed by atoms with Gasteiger partial charge < -0.3 is 14.8 Å². The number of fused-ring (bicyclic) bond motifs is 1. The highest BCUT2D eigenvalue weighted by Gasteiger charge is 2.17. The van der Waals surface area contributed by atoms with Crippen LogP contribution in [0.4, 0.5) is 10.1 Å². The van der Waals surface area contributed by atoms with Gasteiger partial charge in [-0.05, 0) is 67.8 Å². The Labute approximate surface area is 132 Å². The molecule has 0 bridgehead atoms. The standard InChI is InChI=1S/C14H10Br2FNO2/c15-10-5-9(1-2-12(10)17)18-6-8-3-11(16)14-13(4-8)19-7-20-14/h1-5,18H,6-7H2. The van der Waals surface area contributed by atoms with E-state index in [-0.39, 0.29) is 12.6 Å². The first-order valence-corrected chi connectivity index (χ1v) is 7.49. The van der Waals surface area contributed by atoms with Gasteiger partial charge in [0.15, 0.2) is 11.5 Å². The zero-order valence-electron chi connectivity index (χ0n) is 10.3. The van der Waals surface area contributed by atoms with Gasteiger partial charge >= 0.3 is 0 Å². The number of ether oxygens (including phenoxy) is 2. The molecule has 0 atom stereocenters. The lowest BCUT2D eigenvalue weighted by Gasteiger charge is -2.09. The molecule has 104 valence electrons. The fraction of sp³-hybridized carbons (Fsp3) is 0.143. The van der Waals surface area contributed by atoms with Crippen LogP contribution in [0.2, 0.25) is 0 Å². The summed E-state index contributed by atoms with van der Waals surface area (Å²) >= 11 is 6.62. The fourth-order valence-electron chi connectivity index (χ4n) is 1.93. The van der Waals surface area contributed by atoms with E-state index in [2.05, 4.69) is 37.2 Å². The molecular formula is C14H10Br2FNO2. The first-order chi connectivity index (χ1) is 9.63. The summed E-state index contributed by atoms with van der Waals surface area (Å²) in [6, 6.07) is 8.72. The van der Waals surface area contributed by atoms with Gasteiger partial charge in [0.25, 0.3) is 0 Å². The molecule has 1 aliphatic rings. The number of benzene rings is 2. The average molecular weight is 403 g/mol. The smallest absolute Gasteiger partial charge is 0.231 e. The predicted molar refractivity (Wildman–Crippen MR) is 81.7 cm³/mol. The average Bonchev–Trinajstić information content (AvgIpc) is 2.89. The summed E-state index contributed by atoms with van der Waals surface area (Å²) in [7, 11) is 0. The van der Waals surface area contributed by atoms with Crippen molar-refractivity contribution in [3.05, 3.63) is 50.7 Å². The number of hydrogen-bond donors (Lipinski definition) is 1. The molecule has 0 spiro atoms. The first-order valence-electron chi connectivity index (χ1n) is 5.90. The van der Waals surface area contributed by atoms with E-state index in [0.29, 0.717) is 11.0 Å². The van der Waals surface area contributed by atoms with E-state index in [4.69, 9.17) is 9.47 Å². The highest BCUT2D eigenvalue weighted by molar-refractivity contribution is 9.10. The van der Waals surface area contributed by atoms with Crippen LogP contribution < -0.4 is 14.8 Å². The molecule has 0 saturated heterocycles. The van der Waals surface area contributed by atoms with Crippen molar-refractivity contribution in [3.63, 3.8) is 0 Å². The maximum absolute atomic E-state index is 13.2. The van der Waals surface area contributed by atoms with Gasteiger partial charge in [-0.2, -0.15) is 0 Å². The quantitative estimate of drug-likeness (QED) is 0.807. The van der Waals surface area contributed by atoms with Crippen LogP contribution in [0.3, 0.4) is 0 Å². The lowest BCUT2D eigenvalue weighted by atomic mass is 10.2. The third-order valence-electron chi connectivity index (χ3n) is 2.90. The van der Waals surface area contributed by atoms with Crippen LogP contribution in [0.25, 0.3) is 0 Å². The molecule has 0 aromatic heterocycles. The molecule has 0 aliphatic carbocycles. The predicted octanol–water partition coefficient (Wildman–Crippen LogP) is 4.69. The monoisotopic (exact) mass is 401 g/mol. The molecule has 1 heterocycles. The summed E-state index contributed by atoms with van der Waals surface area (Å²) < 4.78 is 25.2. The third kappa shape index (κ3) is 2.76. The Balaban J connectivity index is 1.75. The second kappa shape index (κ2) is 5.61. The Morgan fingerprint density at radius 1 is 1.10 bits per heavy atom. The lowest BCUT2D eigenvalue weighted by Crippen LogP contribution is -2.00. The molecule has 1 aliphatic heterocycles. The van der Waals surface area contributed by atoms with E-state index >= 15 is 0 Å². The Morgan fingerprint density at radius 2 is 1.95 bits per heavy atom. The minimum Gasteiger partial charge on any atom is -0.454 e. The van der Waals surface area contributed by atoms with Crippen molar-refractivity contribution in [2.45, 2.75) is 6.54 Å². The van der Waals surface area contributed by atoms with Gasteiger partial charge in [-0.25, -0.2) is 4.39 Å². The molecule has 20 heavy (non-hydrogen) atoms. The van der Waals surface area contributed by atoms with Crippen molar-refractivity contribution in [1.82, 2.24) is 0 Å². The SMILES string of the molecule is Fc1ccc(NCc2cc(Br)c3c(c2)OCO3)cc1Br. The number of halogens is 3. The van der Waals surface area contributed by atoms with Crippen LogP contribution in [-0.4, -0.2) is 6.79 Å². The molecular weight excluding hydrogens is 393 g/mol. The van der Waals surface area contributed by atoms with E-state index in [0.717, 1.165) is 27.2 Å². The molecule has 0 amide bonds. The second-order valence-corrected chi connectivity index (χ2v) is 6.00. The number of rotatable bonds is 3. The summed E-state index contributed by atoms with van der Waals surface area (Å²) in [5.41, 5.74) is 1.88. The molecule has 2 aromatic rings. The van der Waals surface area contributed by atoms with Gasteiger partial charge in [0.1, 0.15) is 5.82 Å². The minimum atomic E-state index is -0.277. The van der Waals surface area contributed by atoms with Gasteiger partial charge in [-0.3, -0.25) is 0 Å². The van der Waals surface area contributed by atoms with Gasteiger partial charge in [0.2, 0.25) is 6.79 Å². The molecule has 0 radical (unpaired) electrons. The number of hydrogen-bond acceptors (Lipinski definition) is 3. The van der Waals surface area contributed by atoms with Gasteiger partial charge in [0, 0.05) is 12.2 Å². The minimum absolute atomic E-state index is 0.246. The zero-order chi connectivity index (χ0) is 14.1. The maximum Gasteiger partial charge on any atom is 0.231 e. The van der Waals surface area contributed by atoms with Crippen molar-refractivity contribution in [1.29, 1.82) is 0 Å². The van der Waals surface area contributed by atoms with Crippen LogP contribution in [0, 0.1) is 5.82 Å². The Kier molecular flexibility index (Phi) is 3.85. The Bertz CT molecular complexity index is 664. The summed E-state index contributed by atoms with van der Waals surface area (Å²) in [5, 5.41) is 3.23. The van der Waals surface area contributed by atoms with Gasteiger partial charge in [-0.15, -0.1) is 0 Å². The van der Waals surface area contributed by atoms with Crippen molar-refractivity contribution < 1.29 is 13.9 Å². The third-order valence-corrected chi connectivity index (χ3v) is 4.10. The molecule has 2 aromatic carbocycles. The van der Waals surface area contributed by atoms with Crippen molar-refractivity contribution >= 4 is 37.5 Å². The van der Waals surface area contributed by atoms with E-state index in [1.807, 2.05) is 12.1 Å². The molecule has 0 unspecified atom stereocenters. The van der Waals surface area contributed by atoms with Crippen LogP contribution in [0.1, 0.15) is 5.56 Å². The number of nitrogens with one attached hydrogen (secondary N) is 1. The Hall–Kier alpha value is -1.27. The Morgan fingerprint density at radius 3 is 2.75 bits per heavy atom. The highest BCUT2D eigenvalue weighted by atomic mass is 79.9. The van der Waals surface area contributed by atoms with E-state index in [9.17, 15) is 4.39 Å². The van der Waals surface area contributed by atoms with Crippen LogP contribution in [0.5, 0.6) is 11.5 Å². The maximum atomic E-state index is 13.2. The van der Waals surface area contributed by atoms with Crippen LogP contribution >= 0.6 is 31.9 Å².